The molecule has 10 nitrogen and oxygen atoms in total. The van der Waals surface area contributed by atoms with Gasteiger partial charge in [-0.3, -0.25) is 9.59 Å². The Kier molecular flexibility index (Phi) is 29.2. The number of unbranched alkanes of at least 4 members (excludes halogenated alkanes) is 9. The highest BCUT2D eigenvalue weighted by Gasteiger charge is 2.06. The minimum absolute atomic E-state index is 0.0899. The van der Waals surface area contributed by atoms with Crippen LogP contribution in [0.3, 0.4) is 0 Å². The first-order valence-corrected chi connectivity index (χ1v) is 14.5. The zero-order valence-corrected chi connectivity index (χ0v) is 23.7. The summed E-state index contributed by atoms with van der Waals surface area (Å²) in [5, 5.41) is 18.5. The summed E-state index contributed by atoms with van der Waals surface area (Å²) < 4.78 is 31.8. The molecular weight excluding hydrogens is 496 g/mol. The van der Waals surface area contributed by atoms with Crippen molar-refractivity contribution in [3.63, 3.8) is 0 Å². The number of rotatable bonds is 31. The minimum Gasteiger partial charge on any atom is -0.481 e. The van der Waals surface area contributed by atoms with E-state index in [1.54, 1.807) is 0 Å². The Morgan fingerprint density at radius 2 is 1.00 bits per heavy atom. The molecule has 0 rings (SSSR count). The molecular formula is C28H54O10. The predicted molar refractivity (Wildman–Crippen MR) is 144 cm³/mol. The fourth-order valence-corrected chi connectivity index (χ4v) is 3.55. The van der Waals surface area contributed by atoms with Crippen molar-refractivity contribution in [2.24, 2.45) is 0 Å². The topological polar surface area (TPSA) is 130 Å². The van der Waals surface area contributed by atoms with Gasteiger partial charge < -0.3 is 38.6 Å². The van der Waals surface area contributed by atoms with E-state index in [2.05, 4.69) is 6.92 Å². The molecule has 0 saturated carbocycles. The minimum atomic E-state index is -1.03. The fraction of sp³-hybridized carbons (Fsp3) is 0.929. The van der Waals surface area contributed by atoms with Gasteiger partial charge in [0, 0.05) is 0 Å². The highest BCUT2D eigenvalue weighted by molar-refractivity contribution is 5.76. The van der Waals surface area contributed by atoms with Crippen molar-refractivity contribution in [3.05, 3.63) is 0 Å². The number of aliphatic hydroxyl groups excluding tert-OH is 1. The number of aliphatic hydroxyl groups is 1. The van der Waals surface area contributed by atoms with Crippen LogP contribution in [-0.2, 0) is 38.0 Å². The highest BCUT2D eigenvalue weighted by atomic mass is 16.6. The number of aliphatic carboxylic acids is 1. The van der Waals surface area contributed by atoms with Crippen LogP contribution in [0.4, 0.5) is 0 Å². The summed E-state index contributed by atoms with van der Waals surface area (Å²) in [6, 6.07) is 0. The lowest BCUT2D eigenvalue weighted by molar-refractivity contribution is -0.149. The summed E-state index contributed by atoms with van der Waals surface area (Å²) in [6.07, 6.45) is 13.0. The first-order chi connectivity index (χ1) is 18.6. The zero-order valence-electron chi connectivity index (χ0n) is 23.7. The Balaban J connectivity index is 3.18. The smallest absolute Gasteiger partial charge is 0.306 e. The average Bonchev–Trinajstić information content (AvgIpc) is 2.90. The van der Waals surface area contributed by atoms with E-state index in [4.69, 9.17) is 33.5 Å². The Hall–Kier alpha value is -1.30. The standard InChI is InChI=1S/C28H54O10/c1-2-3-4-5-6-7-8-9-10-11-12-26(29)25-37-22-21-35-18-17-33-15-16-34-19-20-36-23-24-38-28(32)14-13-27(30)31/h26,29H,2-25H2,1H3,(H,30,31). The molecule has 0 bridgehead atoms. The number of carboxylic acids is 1. The van der Waals surface area contributed by atoms with E-state index in [1.807, 2.05) is 0 Å². The average molecular weight is 551 g/mol. The van der Waals surface area contributed by atoms with Crippen molar-refractivity contribution in [1.82, 2.24) is 0 Å². The van der Waals surface area contributed by atoms with Gasteiger partial charge >= 0.3 is 11.9 Å². The maximum atomic E-state index is 11.2. The number of hydrogen-bond acceptors (Lipinski definition) is 9. The Labute approximate surface area is 229 Å². The molecule has 0 aromatic carbocycles. The molecule has 0 heterocycles. The Morgan fingerprint density at radius 1 is 0.579 bits per heavy atom. The third-order valence-electron chi connectivity index (χ3n) is 5.72. The molecule has 0 fully saturated rings. The molecule has 0 amide bonds. The van der Waals surface area contributed by atoms with Crippen LogP contribution in [0.1, 0.15) is 90.4 Å². The lowest BCUT2D eigenvalue weighted by atomic mass is 10.0. The van der Waals surface area contributed by atoms with Crippen molar-refractivity contribution >= 4 is 11.9 Å². The van der Waals surface area contributed by atoms with Crippen molar-refractivity contribution in [3.8, 4) is 0 Å². The first-order valence-electron chi connectivity index (χ1n) is 14.5. The van der Waals surface area contributed by atoms with Crippen LogP contribution in [0.5, 0.6) is 0 Å². The predicted octanol–water partition coefficient (Wildman–Crippen LogP) is 4.15. The van der Waals surface area contributed by atoms with Gasteiger partial charge in [0.15, 0.2) is 0 Å². The molecule has 0 spiro atoms. The lowest BCUT2D eigenvalue weighted by Crippen LogP contribution is -2.18. The molecule has 226 valence electrons. The molecule has 0 aromatic heterocycles. The first kappa shape index (κ1) is 36.7. The van der Waals surface area contributed by atoms with Gasteiger partial charge in [0.05, 0.1) is 85.0 Å². The molecule has 10 heteroatoms. The quantitative estimate of drug-likeness (QED) is 0.0959. The summed E-state index contributed by atoms with van der Waals surface area (Å²) in [6.45, 7) is 6.45. The normalized spacial score (nSPS) is 12.1. The monoisotopic (exact) mass is 550 g/mol. The molecule has 38 heavy (non-hydrogen) atoms. The van der Waals surface area contributed by atoms with Gasteiger partial charge in [0.1, 0.15) is 6.61 Å². The van der Waals surface area contributed by atoms with Crippen LogP contribution in [-0.4, -0.2) is 101 Å². The number of carbonyl (C=O) groups excluding carboxylic acids is 1. The highest BCUT2D eigenvalue weighted by Crippen LogP contribution is 2.12. The molecule has 0 aliphatic rings. The van der Waals surface area contributed by atoms with E-state index < -0.39 is 18.0 Å². The molecule has 0 aliphatic heterocycles. The van der Waals surface area contributed by atoms with E-state index in [0.29, 0.717) is 59.5 Å². The van der Waals surface area contributed by atoms with Gasteiger partial charge in [-0.15, -0.1) is 0 Å². The summed E-state index contributed by atoms with van der Waals surface area (Å²) >= 11 is 0. The number of carbonyl (C=O) groups is 2. The fourth-order valence-electron chi connectivity index (χ4n) is 3.55. The lowest BCUT2D eigenvalue weighted by Gasteiger charge is -2.11. The Bertz CT molecular complexity index is 518. The van der Waals surface area contributed by atoms with E-state index >= 15 is 0 Å². The van der Waals surface area contributed by atoms with Gasteiger partial charge in [-0.1, -0.05) is 71.1 Å². The van der Waals surface area contributed by atoms with Gasteiger partial charge in [-0.05, 0) is 6.42 Å². The summed E-state index contributed by atoms with van der Waals surface area (Å²) in [5.41, 5.74) is 0. The molecule has 1 atom stereocenters. The van der Waals surface area contributed by atoms with Gasteiger partial charge in [0.25, 0.3) is 0 Å². The van der Waals surface area contributed by atoms with Crippen LogP contribution in [0.2, 0.25) is 0 Å². The maximum absolute atomic E-state index is 11.2. The molecule has 0 radical (unpaired) electrons. The largest absolute Gasteiger partial charge is 0.481 e. The Morgan fingerprint density at radius 3 is 1.47 bits per heavy atom. The van der Waals surface area contributed by atoms with Gasteiger partial charge in [-0.25, -0.2) is 0 Å². The SMILES string of the molecule is CCCCCCCCCCCCC(O)COCCOCCOCCOCCOCCOC(=O)CCC(=O)O. The molecule has 0 aromatic rings. The second-order valence-electron chi connectivity index (χ2n) is 9.26. The van der Waals surface area contributed by atoms with Crippen LogP contribution in [0.25, 0.3) is 0 Å². The van der Waals surface area contributed by atoms with Crippen molar-refractivity contribution in [2.75, 3.05) is 72.7 Å². The third-order valence-corrected chi connectivity index (χ3v) is 5.72. The second-order valence-corrected chi connectivity index (χ2v) is 9.26. The summed E-state index contributed by atoms with van der Waals surface area (Å²) in [5.74, 6) is -1.58. The van der Waals surface area contributed by atoms with E-state index in [9.17, 15) is 14.7 Å². The van der Waals surface area contributed by atoms with Crippen LogP contribution < -0.4 is 0 Å². The van der Waals surface area contributed by atoms with E-state index in [1.165, 1.54) is 57.8 Å². The molecule has 2 N–H and O–H groups in total. The molecule has 1 unspecified atom stereocenters. The number of ether oxygens (including phenoxy) is 6. The summed E-state index contributed by atoms with van der Waals surface area (Å²) in [4.78, 5) is 21.5. The van der Waals surface area contributed by atoms with Crippen LogP contribution >= 0.6 is 0 Å². The summed E-state index contributed by atoms with van der Waals surface area (Å²) in [7, 11) is 0. The van der Waals surface area contributed by atoms with Crippen molar-refractivity contribution in [1.29, 1.82) is 0 Å². The van der Waals surface area contributed by atoms with Crippen LogP contribution in [0.15, 0.2) is 0 Å². The van der Waals surface area contributed by atoms with Crippen LogP contribution in [0, 0.1) is 0 Å². The van der Waals surface area contributed by atoms with Gasteiger partial charge in [0.2, 0.25) is 0 Å². The van der Waals surface area contributed by atoms with Crippen molar-refractivity contribution < 1.29 is 48.2 Å². The molecule has 0 aliphatic carbocycles. The van der Waals surface area contributed by atoms with Crippen molar-refractivity contribution in [2.45, 2.75) is 96.5 Å². The van der Waals surface area contributed by atoms with Gasteiger partial charge in [-0.2, -0.15) is 0 Å². The maximum Gasteiger partial charge on any atom is 0.306 e. The zero-order chi connectivity index (χ0) is 27.9. The number of carboxylic acid groups (broad SMARTS) is 1. The molecule has 0 saturated heterocycles. The number of esters is 1. The van der Waals surface area contributed by atoms with E-state index in [-0.39, 0.29) is 26.1 Å². The van der Waals surface area contributed by atoms with E-state index in [0.717, 1.165) is 12.8 Å². The number of hydrogen-bond donors (Lipinski definition) is 2. The third kappa shape index (κ3) is 30.9. The second kappa shape index (κ2) is 30.2.